The number of aryl methyl sites for hydroxylation is 2. The molecule has 9 heteroatoms. The second kappa shape index (κ2) is 12.0. The average molecular weight is 554 g/mol. The first-order chi connectivity index (χ1) is 18.2. The van der Waals surface area contributed by atoms with Gasteiger partial charge in [-0.3, -0.25) is 13.9 Å². The molecule has 0 unspecified atom stereocenters. The molecule has 7 nitrogen and oxygen atoms in total. The number of halogens is 1. The van der Waals surface area contributed by atoms with Gasteiger partial charge in [-0.15, -0.1) is 0 Å². The monoisotopic (exact) mass is 553 g/mol. The summed E-state index contributed by atoms with van der Waals surface area (Å²) in [6.07, 6.45) is 0. The first-order valence-electron chi connectivity index (χ1n) is 12.7. The van der Waals surface area contributed by atoms with Crippen molar-refractivity contribution in [2.45, 2.75) is 64.6 Å². The fraction of sp³-hybridized carbons (Fsp3) is 0.333. The predicted octanol–water partition coefficient (Wildman–Crippen LogP) is 4.97. The Morgan fingerprint density at radius 3 is 2.15 bits per heavy atom. The van der Waals surface area contributed by atoms with Gasteiger partial charge in [-0.2, -0.15) is 0 Å². The Hall–Kier alpha value is -3.72. The molecule has 208 valence electrons. The van der Waals surface area contributed by atoms with Crippen LogP contribution in [-0.4, -0.2) is 43.3 Å². The molecule has 0 fully saturated rings. The molecule has 0 aliphatic carbocycles. The zero-order valence-electron chi connectivity index (χ0n) is 23.2. The second-order valence-electron chi connectivity index (χ2n) is 10.6. The van der Waals surface area contributed by atoms with Crippen LogP contribution in [0.2, 0.25) is 0 Å². The van der Waals surface area contributed by atoms with Gasteiger partial charge in [0.15, 0.2) is 0 Å². The van der Waals surface area contributed by atoms with Gasteiger partial charge in [-0.1, -0.05) is 54.1 Å². The molecule has 0 radical (unpaired) electrons. The van der Waals surface area contributed by atoms with E-state index in [1.807, 2.05) is 33.8 Å². The second-order valence-corrected chi connectivity index (χ2v) is 12.5. The minimum Gasteiger partial charge on any atom is -0.350 e. The zero-order chi connectivity index (χ0) is 29.0. The highest BCUT2D eigenvalue weighted by Gasteiger charge is 2.34. The maximum atomic E-state index is 14.6. The van der Waals surface area contributed by atoms with Crippen LogP contribution in [0, 0.1) is 19.7 Å². The summed E-state index contributed by atoms with van der Waals surface area (Å²) in [6.45, 7) is 9.87. The normalized spacial score (nSPS) is 12.5. The van der Waals surface area contributed by atoms with Gasteiger partial charge in [-0.05, 0) is 71.4 Å². The number of amides is 2. The minimum atomic E-state index is -4.16. The lowest BCUT2D eigenvalue weighted by atomic mass is 10.1. The van der Waals surface area contributed by atoms with Gasteiger partial charge in [0, 0.05) is 17.6 Å². The van der Waals surface area contributed by atoms with E-state index in [0.29, 0.717) is 11.3 Å². The van der Waals surface area contributed by atoms with Crippen LogP contribution in [0.1, 0.15) is 44.4 Å². The molecule has 3 rings (SSSR count). The molecule has 0 bridgehead atoms. The summed E-state index contributed by atoms with van der Waals surface area (Å²) >= 11 is 0. The van der Waals surface area contributed by atoms with Crippen molar-refractivity contribution in [1.82, 2.24) is 10.2 Å². The largest absolute Gasteiger partial charge is 0.350 e. The Kier molecular flexibility index (Phi) is 9.17. The molecular weight excluding hydrogens is 517 g/mol. The Morgan fingerprint density at radius 2 is 1.56 bits per heavy atom. The molecule has 1 atom stereocenters. The smallest absolute Gasteiger partial charge is 0.264 e. The van der Waals surface area contributed by atoms with Crippen LogP contribution in [0.5, 0.6) is 0 Å². The van der Waals surface area contributed by atoms with Crippen LogP contribution in [0.4, 0.5) is 10.1 Å². The minimum absolute atomic E-state index is 0.0250. The van der Waals surface area contributed by atoms with Crippen LogP contribution in [0.15, 0.2) is 77.7 Å². The molecule has 0 aliphatic rings. The lowest BCUT2D eigenvalue weighted by Crippen LogP contribution is -2.54. The van der Waals surface area contributed by atoms with E-state index in [-0.39, 0.29) is 17.0 Å². The fourth-order valence-corrected chi connectivity index (χ4v) is 5.68. The van der Waals surface area contributed by atoms with Crippen molar-refractivity contribution in [2.75, 3.05) is 10.8 Å². The SMILES string of the molecule is Cc1ccc(N(CC(=O)N(Cc2ccccc2F)[C@@H](C)C(=O)NC(C)(C)C)S(=O)(=O)c2ccccc2)c(C)c1. The number of nitrogens with zero attached hydrogens (tertiary/aromatic N) is 2. The zero-order valence-corrected chi connectivity index (χ0v) is 24.0. The quantitative estimate of drug-likeness (QED) is 0.405. The molecule has 1 N–H and O–H groups in total. The molecule has 0 aromatic heterocycles. The maximum absolute atomic E-state index is 14.6. The summed E-state index contributed by atoms with van der Waals surface area (Å²) < 4.78 is 43.4. The summed E-state index contributed by atoms with van der Waals surface area (Å²) in [5.74, 6) is -1.60. The highest BCUT2D eigenvalue weighted by molar-refractivity contribution is 7.92. The van der Waals surface area contributed by atoms with Crippen molar-refractivity contribution in [3.05, 3.63) is 95.3 Å². The predicted molar refractivity (Wildman–Crippen MR) is 151 cm³/mol. The summed E-state index contributed by atoms with van der Waals surface area (Å²) in [5.41, 5.74) is 1.59. The molecule has 0 spiro atoms. The molecule has 0 saturated heterocycles. The summed E-state index contributed by atoms with van der Waals surface area (Å²) in [5, 5.41) is 2.85. The third kappa shape index (κ3) is 7.44. The van der Waals surface area contributed by atoms with E-state index < -0.39 is 45.8 Å². The Balaban J connectivity index is 2.07. The summed E-state index contributed by atoms with van der Waals surface area (Å²) in [7, 11) is -4.16. The number of anilines is 1. The first-order valence-corrected chi connectivity index (χ1v) is 14.1. The molecule has 2 amide bonds. The van der Waals surface area contributed by atoms with E-state index in [2.05, 4.69) is 5.32 Å². The van der Waals surface area contributed by atoms with Crippen LogP contribution in [0.25, 0.3) is 0 Å². The third-order valence-electron chi connectivity index (χ3n) is 6.20. The molecular formula is C30H36FN3O4S. The fourth-order valence-electron chi connectivity index (χ4n) is 4.19. The highest BCUT2D eigenvalue weighted by Crippen LogP contribution is 2.28. The molecule has 39 heavy (non-hydrogen) atoms. The number of carbonyl (C=O) groups excluding carboxylic acids is 2. The van der Waals surface area contributed by atoms with E-state index >= 15 is 0 Å². The van der Waals surface area contributed by atoms with Gasteiger partial charge in [0.2, 0.25) is 11.8 Å². The Morgan fingerprint density at radius 1 is 0.949 bits per heavy atom. The van der Waals surface area contributed by atoms with Gasteiger partial charge in [0.1, 0.15) is 18.4 Å². The number of nitrogens with one attached hydrogen (secondary N) is 1. The van der Waals surface area contributed by atoms with Gasteiger partial charge >= 0.3 is 0 Å². The van der Waals surface area contributed by atoms with E-state index in [0.717, 1.165) is 9.87 Å². The van der Waals surface area contributed by atoms with Crippen LogP contribution >= 0.6 is 0 Å². The number of benzene rings is 3. The molecule has 0 saturated carbocycles. The van der Waals surface area contributed by atoms with Gasteiger partial charge in [0.25, 0.3) is 10.0 Å². The Bertz CT molecular complexity index is 1440. The summed E-state index contributed by atoms with van der Waals surface area (Å²) in [4.78, 5) is 28.3. The number of sulfonamides is 1. The van der Waals surface area contributed by atoms with Crippen molar-refractivity contribution in [2.24, 2.45) is 0 Å². The first kappa shape index (κ1) is 29.8. The standard InChI is InChI=1S/C30H36FN3O4S/c1-21-16-17-27(22(2)18-21)34(39(37,38)25-13-8-7-9-14-25)20-28(35)33(19-24-12-10-11-15-26(24)31)23(3)29(36)32-30(4,5)6/h7-18,23H,19-20H2,1-6H3,(H,32,36)/t23-/m0/s1. The topological polar surface area (TPSA) is 86.8 Å². The maximum Gasteiger partial charge on any atom is 0.264 e. The molecule has 3 aromatic rings. The molecule has 0 aliphatic heterocycles. The van der Waals surface area contributed by atoms with Crippen LogP contribution in [0.3, 0.4) is 0 Å². The van der Waals surface area contributed by atoms with Crippen molar-refractivity contribution in [3.63, 3.8) is 0 Å². The van der Waals surface area contributed by atoms with Crippen molar-refractivity contribution >= 4 is 27.5 Å². The van der Waals surface area contributed by atoms with Crippen molar-refractivity contribution in [3.8, 4) is 0 Å². The number of hydrogen-bond acceptors (Lipinski definition) is 4. The van der Waals surface area contributed by atoms with E-state index in [1.165, 1.54) is 35.2 Å². The van der Waals surface area contributed by atoms with Gasteiger partial charge in [-0.25, -0.2) is 12.8 Å². The number of hydrogen-bond donors (Lipinski definition) is 1. The van der Waals surface area contributed by atoms with Crippen LogP contribution in [-0.2, 0) is 26.2 Å². The Labute approximate surface area is 230 Å². The van der Waals surface area contributed by atoms with Gasteiger partial charge < -0.3 is 10.2 Å². The van der Waals surface area contributed by atoms with Crippen molar-refractivity contribution < 1.29 is 22.4 Å². The van der Waals surface area contributed by atoms with Crippen molar-refractivity contribution in [1.29, 1.82) is 0 Å². The number of carbonyl (C=O) groups is 2. The van der Waals surface area contributed by atoms with E-state index in [9.17, 15) is 22.4 Å². The lowest BCUT2D eigenvalue weighted by Gasteiger charge is -2.34. The third-order valence-corrected chi connectivity index (χ3v) is 7.97. The molecule has 3 aromatic carbocycles. The average Bonchev–Trinajstić information content (AvgIpc) is 2.86. The van der Waals surface area contributed by atoms with Crippen LogP contribution < -0.4 is 9.62 Å². The van der Waals surface area contributed by atoms with Gasteiger partial charge in [0.05, 0.1) is 10.6 Å². The summed E-state index contributed by atoms with van der Waals surface area (Å²) in [6, 6.07) is 18.1. The number of rotatable bonds is 9. The molecule has 0 heterocycles. The van der Waals surface area contributed by atoms with E-state index in [4.69, 9.17) is 0 Å². The lowest BCUT2D eigenvalue weighted by molar-refractivity contribution is -0.140. The highest BCUT2D eigenvalue weighted by atomic mass is 32.2. The van der Waals surface area contributed by atoms with E-state index in [1.54, 1.807) is 50.2 Å².